The Morgan fingerprint density at radius 3 is 2.40 bits per heavy atom. The van der Waals surface area contributed by atoms with Crippen LogP contribution in [0.5, 0.6) is 5.75 Å². The minimum Gasteiger partial charge on any atom is -0.485 e. The van der Waals surface area contributed by atoms with Gasteiger partial charge < -0.3 is 24.2 Å². The van der Waals surface area contributed by atoms with Crippen LogP contribution in [-0.4, -0.2) is 92.1 Å². The van der Waals surface area contributed by atoms with Crippen molar-refractivity contribution in [3.05, 3.63) is 29.8 Å². The molecule has 0 unspecified atom stereocenters. The molecule has 0 spiro atoms. The minimum atomic E-state index is -0.274. The fraction of sp³-hybridized carbons (Fsp3) is 0.714. The number of amides is 2. The third kappa shape index (κ3) is 7.20. The van der Waals surface area contributed by atoms with E-state index in [1.54, 1.807) is 4.90 Å². The Morgan fingerprint density at radius 1 is 0.914 bits per heavy atom. The fourth-order valence-electron chi connectivity index (χ4n) is 5.47. The molecule has 2 fully saturated rings. The van der Waals surface area contributed by atoms with Gasteiger partial charge in [0.2, 0.25) is 5.91 Å². The van der Waals surface area contributed by atoms with Crippen LogP contribution in [0.25, 0.3) is 0 Å². The van der Waals surface area contributed by atoms with Gasteiger partial charge in [0.05, 0.1) is 18.7 Å². The van der Waals surface area contributed by atoms with E-state index in [4.69, 9.17) is 9.47 Å². The van der Waals surface area contributed by atoms with Gasteiger partial charge in [0, 0.05) is 26.6 Å². The molecule has 7 heteroatoms. The molecule has 194 valence electrons. The second kappa shape index (κ2) is 12.7. The van der Waals surface area contributed by atoms with Crippen LogP contribution in [0.2, 0.25) is 0 Å². The first-order chi connectivity index (χ1) is 17.0. The van der Waals surface area contributed by atoms with Crippen molar-refractivity contribution >= 4 is 11.8 Å². The molecule has 0 radical (unpaired) electrons. The SMILES string of the molecule is CN1CCC(CC(=O)N2C[C@H]3OCCCCCCCCN(C)C(=O)c4ccccc4O[C@@H]3C2)CC1. The van der Waals surface area contributed by atoms with Crippen LogP contribution in [-0.2, 0) is 9.53 Å². The topological polar surface area (TPSA) is 62.3 Å². The predicted molar refractivity (Wildman–Crippen MR) is 137 cm³/mol. The van der Waals surface area contributed by atoms with E-state index in [1.165, 1.54) is 12.8 Å². The molecule has 0 N–H and O–H groups in total. The van der Waals surface area contributed by atoms with Crippen LogP contribution in [0, 0.1) is 5.92 Å². The van der Waals surface area contributed by atoms with Gasteiger partial charge in [-0.25, -0.2) is 0 Å². The molecule has 1 aromatic rings. The maximum atomic E-state index is 13.2. The van der Waals surface area contributed by atoms with Crippen molar-refractivity contribution in [2.45, 2.75) is 70.0 Å². The number of para-hydroxylation sites is 1. The van der Waals surface area contributed by atoms with E-state index in [9.17, 15) is 9.59 Å². The molecular formula is C28H43N3O4. The zero-order valence-corrected chi connectivity index (χ0v) is 21.6. The summed E-state index contributed by atoms with van der Waals surface area (Å²) in [5.41, 5.74) is 0.581. The predicted octanol–water partition coefficient (Wildman–Crippen LogP) is 3.82. The first-order valence-corrected chi connectivity index (χ1v) is 13.6. The number of benzene rings is 1. The van der Waals surface area contributed by atoms with Crippen LogP contribution in [0.3, 0.4) is 0 Å². The average molecular weight is 486 g/mol. The maximum Gasteiger partial charge on any atom is 0.257 e. The first-order valence-electron chi connectivity index (χ1n) is 13.6. The summed E-state index contributed by atoms with van der Waals surface area (Å²) in [6.45, 7) is 4.64. The number of likely N-dealkylation sites (tertiary alicyclic amines) is 2. The minimum absolute atomic E-state index is 0.0154. The van der Waals surface area contributed by atoms with E-state index >= 15 is 0 Å². The van der Waals surface area contributed by atoms with Crippen LogP contribution in [0.4, 0.5) is 0 Å². The summed E-state index contributed by atoms with van der Waals surface area (Å²) in [5, 5.41) is 0. The highest BCUT2D eigenvalue weighted by atomic mass is 16.5. The molecule has 2 amide bonds. The van der Waals surface area contributed by atoms with Gasteiger partial charge in [-0.3, -0.25) is 9.59 Å². The number of hydrogen-bond donors (Lipinski definition) is 0. The summed E-state index contributed by atoms with van der Waals surface area (Å²) >= 11 is 0. The number of nitrogens with zero attached hydrogens (tertiary/aromatic N) is 3. The van der Waals surface area contributed by atoms with E-state index in [-0.39, 0.29) is 24.0 Å². The summed E-state index contributed by atoms with van der Waals surface area (Å²) in [6.07, 6.45) is 9.02. The van der Waals surface area contributed by atoms with E-state index in [0.29, 0.717) is 43.3 Å². The zero-order chi connectivity index (χ0) is 24.6. The Bertz CT molecular complexity index is 839. The number of fused-ring (bicyclic) bond motifs is 2. The Hall–Kier alpha value is -2.12. The van der Waals surface area contributed by atoms with Gasteiger partial charge in [0.25, 0.3) is 5.91 Å². The molecular weight excluding hydrogens is 442 g/mol. The van der Waals surface area contributed by atoms with Crippen molar-refractivity contribution in [1.29, 1.82) is 0 Å². The monoisotopic (exact) mass is 485 g/mol. The third-order valence-corrected chi connectivity index (χ3v) is 7.83. The first kappa shape index (κ1) is 26.0. The Morgan fingerprint density at radius 2 is 1.60 bits per heavy atom. The van der Waals surface area contributed by atoms with E-state index in [0.717, 1.165) is 58.2 Å². The van der Waals surface area contributed by atoms with E-state index in [1.807, 2.05) is 36.2 Å². The second-order valence-corrected chi connectivity index (χ2v) is 10.7. The second-order valence-electron chi connectivity index (χ2n) is 10.7. The summed E-state index contributed by atoms with van der Waals surface area (Å²) in [6, 6.07) is 7.49. The number of carbonyl (C=O) groups excluding carboxylic acids is 2. The smallest absolute Gasteiger partial charge is 0.257 e. The molecule has 3 aliphatic heterocycles. The van der Waals surface area contributed by atoms with Crippen molar-refractivity contribution in [1.82, 2.24) is 14.7 Å². The number of piperidine rings is 1. The lowest BCUT2D eigenvalue weighted by Crippen LogP contribution is -2.36. The standard InChI is InChI=1S/C28H43N3O4/c1-29-16-13-22(14-17-29)19-27(32)31-20-25-26(21-31)35-24-12-8-7-11-23(24)28(33)30(2)15-9-5-3-4-6-10-18-34-25/h7-8,11-12,22,25-26H,3-6,9-10,13-21H2,1-2H3/t25-,26-/m1/s1. The molecule has 0 saturated carbocycles. The average Bonchev–Trinajstić information content (AvgIpc) is 3.26. The fourth-order valence-corrected chi connectivity index (χ4v) is 5.47. The molecule has 0 bridgehead atoms. The van der Waals surface area contributed by atoms with Gasteiger partial charge in [0.15, 0.2) is 0 Å². The molecule has 0 aromatic heterocycles. The highest BCUT2D eigenvalue weighted by Gasteiger charge is 2.39. The number of rotatable bonds is 2. The van der Waals surface area contributed by atoms with Crippen molar-refractivity contribution in [2.24, 2.45) is 5.92 Å². The lowest BCUT2D eigenvalue weighted by molar-refractivity contribution is -0.132. The summed E-state index contributed by atoms with van der Waals surface area (Å²) in [5.74, 6) is 1.23. The largest absolute Gasteiger partial charge is 0.485 e. The molecule has 1 aromatic carbocycles. The van der Waals surface area contributed by atoms with E-state index in [2.05, 4.69) is 11.9 Å². The van der Waals surface area contributed by atoms with Gasteiger partial charge in [-0.2, -0.15) is 0 Å². The van der Waals surface area contributed by atoms with Crippen LogP contribution in [0.1, 0.15) is 68.1 Å². The lowest BCUT2D eigenvalue weighted by atomic mass is 9.93. The Kier molecular flexibility index (Phi) is 9.44. The van der Waals surface area contributed by atoms with Gasteiger partial charge in [0.1, 0.15) is 18.0 Å². The third-order valence-electron chi connectivity index (χ3n) is 7.83. The van der Waals surface area contributed by atoms with Crippen molar-refractivity contribution in [3.8, 4) is 5.75 Å². The lowest BCUT2D eigenvalue weighted by Gasteiger charge is -2.29. The van der Waals surface area contributed by atoms with Gasteiger partial charge in [-0.15, -0.1) is 0 Å². The molecule has 7 nitrogen and oxygen atoms in total. The molecule has 2 saturated heterocycles. The summed E-state index contributed by atoms with van der Waals surface area (Å²) < 4.78 is 12.7. The summed E-state index contributed by atoms with van der Waals surface area (Å²) in [7, 11) is 4.01. The number of carbonyl (C=O) groups is 2. The van der Waals surface area contributed by atoms with Crippen LogP contribution < -0.4 is 4.74 Å². The van der Waals surface area contributed by atoms with Gasteiger partial charge in [-0.1, -0.05) is 37.8 Å². The zero-order valence-electron chi connectivity index (χ0n) is 21.6. The molecule has 0 aliphatic carbocycles. The van der Waals surface area contributed by atoms with Crippen LogP contribution in [0.15, 0.2) is 24.3 Å². The van der Waals surface area contributed by atoms with Crippen molar-refractivity contribution in [2.75, 3.05) is 53.4 Å². The number of ether oxygens (including phenoxy) is 2. The van der Waals surface area contributed by atoms with Crippen LogP contribution >= 0.6 is 0 Å². The highest BCUT2D eigenvalue weighted by molar-refractivity contribution is 5.96. The molecule has 4 rings (SSSR count). The summed E-state index contributed by atoms with van der Waals surface area (Å²) in [4.78, 5) is 32.5. The molecule has 3 heterocycles. The van der Waals surface area contributed by atoms with Crippen molar-refractivity contribution < 1.29 is 19.1 Å². The Labute approximate surface area is 210 Å². The van der Waals surface area contributed by atoms with Gasteiger partial charge >= 0.3 is 0 Å². The molecule has 35 heavy (non-hydrogen) atoms. The maximum absolute atomic E-state index is 13.2. The normalized spacial score (nSPS) is 26.2. The quantitative estimate of drug-likeness (QED) is 0.637. The van der Waals surface area contributed by atoms with E-state index < -0.39 is 0 Å². The highest BCUT2D eigenvalue weighted by Crippen LogP contribution is 2.28. The van der Waals surface area contributed by atoms with Gasteiger partial charge in [-0.05, 0) is 63.9 Å². The molecule has 2 atom stereocenters. The van der Waals surface area contributed by atoms with Crippen molar-refractivity contribution in [3.63, 3.8) is 0 Å². The number of hydrogen-bond acceptors (Lipinski definition) is 5. The Balaban J connectivity index is 1.46. The molecule has 3 aliphatic rings.